The number of amides is 1. The van der Waals surface area contributed by atoms with Gasteiger partial charge in [0.1, 0.15) is 5.75 Å². The van der Waals surface area contributed by atoms with Crippen LogP contribution >= 0.6 is 0 Å². The van der Waals surface area contributed by atoms with Crippen LogP contribution in [0.25, 0.3) is 0 Å². The molecule has 0 unspecified atom stereocenters. The molecule has 0 aliphatic rings. The van der Waals surface area contributed by atoms with Crippen LogP contribution in [-0.2, 0) is 5.41 Å². The van der Waals surface area contributed by atoms with Crippen molar-refractivity contribution in [2.75, 3.05) is 7.05 Å². The molecule has 2 aromatic rings. The Morgan fingerprint density at radius 1 is 1.27 bits per heavy atom. The van der Waals surface area contributed by atoms with E-state index in [0.717, 1.165) is 0 Å². The van der Waals surface area contributed by atoms with E-state index < -0.39 is 0 Å². The van der Waals surface area contributed by atoms with E-state index in [1.165, 1.54) is 0 Å². The minimum atomic E-state index is -0.366. The standard InChI is InChI=1S/C16H21N3O3/c1-10(14-18-15(19-22-14)16(2,3)4)21-12-8-6-11(7-9-12)13(20)17-5/h6-10H,1-5H3,(H,17,20)/t10-/m1/s1. The predicted molar refractivity (Wildman–Crippen MR) is 81.9 cm³/mol. The quantitative estimate of drug-likeness (QED) is 0.939. The van der Waals surface area contributed by atoms with Gasteiger partial charge in [0, 0.05) is 18.0 Å². The van der Waals surface area contributed by atoms with Crippen molar-refractivity contribution >= 4 is 5.91 Å². The van der Waals surface area contributed by atoms with Gasteiger partial charge in [-0.1, -0.05) is 25.9 Å². The normalized spacial score (nSPS) is 12.8. The van der Waals surface area contributed by atoms with E-state index in [4.69, 9.17) is 9.26 Å². The van der Waals surface area contributed by atoms with Crippen molar-refractivity contribution in [2.24, 2.45) is 0 Å². The summed E-state index contributed by atoms with van der Waals surface area (Å²) in [5.74, 6) is 1.58. The van der Waals surface area contributed by atoms with Gasteiger partial charge in [-0.3, -0.25) is 4.79 Å². The van der Waals surface area contributed by atoms with Crippen LogP contribution < -0.4 is 10.1 Å². The lowest BCUT2D eigenvalue weighted by Gasteiger charge is -2.12. The Morgan fingerprint density at radius 3 is 2.41 bits per heavy atom. The Labute approximate surface area is 129 Å². The number of nitrogens with one attached hydrogen (secondary N) is 1. The Bertz CT molecular complexity index is 641. The van der Waals surface area contributed by atoms with Gasteiger partial charge < -0.3 is 14.6 Å². The maximum absolute atomic E-state index is 11.5. The third-order valence-electron chi connectivity index (χ3n) is 3.12. The minimum absolute atomic E-state index is 0.133. The average molecular weight is 303 g/mol. The summed E-state index contributed by atoms with van der Waals surface area (Å²) in [5, 5.41) is 6.55. The zero-order valence-corrected chi connectivity index (χ0v) is 13.5. The summed E-state index contributed by atoms with van der Waals surface area (Å²) in [7, 11) is 1.59. The largest absolute Gasteiger partial charge is 0.481 e. The molecule has 0 aliphatic carbocycles. The van der Waals surface area contributed by atoms with Gasteiger partial charge in [-0.25, -0.2) is 0 Å². The number of carbonyl (C=O) groups excluding carboxylic acids is 1. The van der Waals surface area contributed by atoms with Crippen LogP contribution in [-0.4, -0.2) is 23.1 Å². The van der Waals surface area contributed by atoms with Crippen molar-refractivity contribution < 1.29 is 14.1 Å². The molecular weight excluding hydrogens is 282 g/mol. The molecule has 1 heterocycles. The van der Waals surface area contributed by atoms with Crippen LogP contribution in [0.15, 0.2) is 28.8 Å². The van der Waals surface area contributed by atoms with Gasteiger partial charge in [-0.2, -0.15) is 4.98 Å². The monoisotopic (exact) mass is 303 g/mol. The lowest BCUT2D eigenvalue weighted by atomic mass is 9.96. The van der Waals surface area contributed by atoms with Crippen molar-refractivity contribution in [3.05, 3.63) is 41.5 Å². The van der Waals surface area contributed by atoms with E-state index in [1.807, 2.05) is 27.7 Å². The molecule has 0 fully saturated rings. The molecule has 1 atom stereocenters. The molecule has 6 nitrogen and oxygen atoms in total. The molecule has 1 amide bonds. The fourth-order valence-corrected chi connectivity index (χ4v) is 1.79. The topological polar surface area (TPSA) is 77.2 Å². The van der Waals surface area contributed by atoms with Gasteiger partial charge in [-0.15, -0.1) is 0 Å². The summed E-state index contributed by atoms with van der Waals surface area (Å²) in [5.41, 5.74) is 0.409. The molecule has 22 heavy (non-hydrogen) atoms. The number of ether oxygens (including phenoxy) is 1. The third kappa shape index (κ3) is 3.63. The van der Waals surface area contributed by atoms with Crippen molar-refractivity contribution in [3.63, 3.8) is 0 Å². The third-order valence-corrected chi connectivity index (χ3v) is 3.12. The fraction of sp³-hybridized carbons (Fsp3) is 0.438. The summed E-state index contributed by atoms with van der Waals surface area (Å²) in [6.45, 7) is 7.90. The lowest BCUT2D eigenvalue weighted by Crippen LogP contribution is -2.17. The SMILES string of the molecule is CNC(=O)c1ccc(O[C@H](C)c2nc(C(C)(C)C)no2)cc1. The molecule has 0 spiro atoms. The number of hydrogen-bond donors (Lipinski definition) is 1. The number of aromatic nitrogens is 2. The fourth-order valence-electron chi connectivity index (χ4n) is 1.79. The highest BCUT2D eigenvalue weighted by molar-refractivity contribution is 5.94. The first-order valence-electron chi connectivity index (χ1n) is 7.14. The van der Waals surface area contributed by atoms with E-state index in [-0.39, 0.29) is 17.4 Å². The highest BCUT2D eigenvalue weighted by Crippen LogP contribution is 2.24. The second-order valence-corrected chi connectivity index (χ2v) is 6.07. The molecule has 2 rings (SSSR count). The Balaban J connectivity index is 2.07. The highest BCUT2D eigenvalue weighted by Gasteiger charge is 2.23. The number of carbonyl (C=O) groups is 1. The van der Waals surface area contributed by atoms with E-state index in [0.29, 0.717) is 23.0 Å². The molecule has 1 aromatic heterocycles. The predicted octanol–water partition coefficient (Wildman–Crippen LogP) is 2.87. The summed E-state index contributed by atoms with van der Waals surface area (Å²) in [6, 6.07) is 6.88. The van der Waals surface area contributed by atoms with Gasteiger partial charge in [0.05, 0.1) is 0 Å². The van der Waals surface area contributed by atoms with Crippen LogP contribution in [0, 0.1) is 0 Å². The van der Waals surface area contributed by atoms with E-state index in [9.17, 15) is 4.79 Å². The molecule has 6 heteroatoms. The molecule has 0 aliphatic heterocycles. The zero-order chi connectivity index (χ0) is 16.3. The number of rotatable bonds is 4. The average Bonchev–Trinajstić information content (AvgIpc) is 2.97. The van der Waals surface area contributed by atoms with Crippen LogP contribution in [0.5, 0.6) is 5.75 Å². The first kappa shape index (κ1) is 16.0. The Hall–Kier alpha value is -2.37. The summed E-state index contributed by atoms with van der Waals surface area (Å²) in [4.78, 5) is 15.8. The molecule has 0 saturated heterocycles. The second-order valence-electron chi connectivity index (χ2n) is 6.07. The van der Waals surface area contributed by atoms with Crippen molar-refractivity contribution in [1.29, 1.82) is 0 Å². The van der Waals surface area contributed by atoms with Crippen LogP contribution in [0.3, 0.4) is 0 Å². The van der Waals surface area contributed by atoms with Gasteiger partial charge in [0.25, 0.3) is 11.8 Å². The van der Waals surface area contributed by atoms with E-state index in [2.05, 4.69) is 15.5 Å². The van der Waals surface area contributed by atoms with E-state index >= 15 is 0 Å². The minimum Gasteiger partial charge on any atom is -0.481 e. The lowest BCUT2D eigenvalue weighted by molar-refractivity contribution is 0.0963. The Morgan fingerprint density at radius 2 is 1.91 bits per heavy atom. The molecule has 1 aromatic carbocycles. The van der Waals surface area contributed by atoms with Crippen LogP contribution in [0.2, 0.25) is 0 Å². The smallest absolute Gasteiger partial charge is 0.267 e. The maximum atomic E-state index is 11.5. The van der Waals surface area contributed by atoms with Crippen molar-refractivity contribution in [2.45, 2.75) is 39.2 Å². The van der Waals surface area contributed by atoms with Gasteiger partial charge in [0.15, 0.2) is 11.9 Å². The van der Waals surface area contributed by atoms with Crippen LogP contribution in [0.4, 0.5) is 0 Å². The molecular formula is C16H21N3O3. The summed E-state index contributed by atoms with van der Waals surface area (Å²) in [6.07, 6.45) is -0.366. The number of nitrogens with zero attached hydrogens (tertiary/aromatic N) is 2. The second kappa shape index (κ2) is 6.17. The van der Waals surface area contributed by atoms with E-state index in [1.54, 1.807) is 31.3 Å². The van der Waals surface area contributed by atoms with Crippen molar-refractivity contribution in [1.82, 2.24) is 15.5 Å². The number of benzene rings is 1. The van der Waals surface area contributed by atoms with Gasteiger partial charge >= 0.3 is 0 Å². The summed E-state index contributed by atoms with van der Waals surface area (Å²) >= 11 is 0. The molecule has 1 N–H and O–H groups in total. The molecule has 0 saturated carbocycles. The van der Waals surface area contributed by atoms with Gasteiger partial charge in [-0.05, 0) is 31.2 Å². The number of hydrogen-bond acceptors (Lipinski definition) is 5. The highest BCUT2D eigenvalue weighted by atomic mass is 16.5. The molecule has 0 bridgehead atoms. The zero-order valence-electron chi connectivity index (χ0n) is 13.5. The summed E-state index contributed by atoms with van der Waals surface area (Å²) < 4.78 is 11.0. The molecule has 118 valence electrons. The van der Waals surface area contributed by atoms with Crippen molar-refractivity contribution in [3.8, 4) is 5.75 Å². The first-order valence-corrected chi connectivity index (χ1v) is 7.14. The van der Waals surface area contributed by atoms with Crippen LogP contribution in [0.1, 0.15) is 55.9 Å². The van der Waals surface area contributed by atoms with Gasteiger partial charge in [0.2, 0.25) is 0 Å². The Kier molecular flexibility index (Phi) is 4.49. The maximum Gasteiger partial charge on any atom is 0.267 e. The molecule has 0 radical (unpaired) electrons. The first-order chi connectivity index (χ1) is 10.3.